The lowest BCUT2D eigenvalue weighted by Crippen LogP contribution is -2.25. The molecule has 3 rings (SSSR count). The van der Waals surface area contributed by atoms with E-state index in [9.17, 15) is 9.59 Å². The zero-order valence-electron chi connectivity index (χ0n) is 15.5. The topological polar surface area (TPSA) is 76.9 Å². The number of aromatic nitrogens is 3. The van der Waals surface area contributed by atoms with Crippen LogP contribution in [0.3, 0.4) is 0 Å². The second-order valence-corrected chi connectivity index (χ2v) is 7.23. The Labute approximate surface area is 182 Å². The molecule has 0 saturated carbocycles. The zero-order chi connectivity index (χ0) is 21.0. The van der Waals surface area contributed by atoms with Crippen molar-refractivity contribution in [2.45, 2.75) is 19.2 Å². The van der Waals surface area contributed by atoms with Gasteiger partial charge < -0.3 is 5.32 Å². The second kappa shape index (κ2) is 9.39. The van der Waals surface area contributed by atoms with E-state index in [2.05, 4.69) is 15.4 Å². The lowest BCUT2D eigenvalue weighted by atomic mass is 10.0. The van der Waals surface area contributed by atoms with Crippen molar-refractivity contribution >= 4 is 46.5 Å². The van der Waals surface area contributed by atoms with Crippen molar-refractivity contribution in [2.24, 2.45) is 0 Å². The molecule has 0 aliphatic carbocycles. The van der Waals surface area contributed by atoms with Crippen molar-refractivity contribution in [3.8, 4) is 5.69 Å². The van der Waals surface area contributed by atoms with Crippen molar-refractivity contribution in [1.29, 1.82) is 0 Å². The van der Waals surface area contributed by atoms with Gasteiger partial charge in [-0.2, -0.15) is 0 Å². The molecule has 0 atom stereocenters. The predicted octanol–water partition coefficient (Wildman–Crippen LogP) is 4.68. The molecule has 0 bridgehead atoms. The van der Waals surface area contributed by atoms with Crippen LogP contribution < -0.4 is 5.32 Å². The van der Waals surface area contributed by atoms with Crippen molar-refractivity contribution in [3.05, 3.63) is 75.3 Å². The summed E-state index contributed by atoms with van der Waals surface area (Å²) in [5.41, 5.74) is 0.991. The fraction of sp³-hybridized carbons (Fsp3) is 0.200. The first-order valence-corrected chi connectivity index (χ1v) is 10.1. The maximum atomic E-state index is 13.2. The van der Waals surface area contributed by atoms with E-state index in [1.807, 2.05) is 6.92 Å². The molecule has 3 aromatic rings. The molecule has 6 nitrogen and oxygen atoms in total. The van der Waals surface area contributed by atoms with Crippen LogP contribution in [0.5, 0.6) is 0 Å². The van der Waals surface area contributed by atoms with Crippen LogP contribution in [-0.2, 0) is 5.88 Å². The number of nitrogens with one attached hydrogen (secondary N) is 1. The number of halogens is 3. The van der Waals surface area contributed by atoms with E-state index in [0.717, 1.165) is 6.42 Å². The number of nitrogens with zero attached hydrogens (tertiary/aromatic N) is 3. The van der Waals surface area contributed by atoms with Crippen molar-refractivity contribution in [3.63, 3.8) is 0 Å². The summed E-state index contributed by atoms with van der Waals surface area (Å²) in [4.78, 5) is 29.6. The molecular formula is C20H17Cl3N4O2. The highest BCUT2D eigenvalue weighted by molar-refractivity contribution is 6.35. The summed E-state index contributed by atoms with van der Waals surface area (Å²) in [7, 11) is 0. The Morgan fingerprint density at radius 1 is 1.10 bits per heavy atom. The van der Waals surface area contributed by atoms with Crippen molar-refractivity contribution in [2.75, 3.05) is 6.54 Å². The summed E-state index contributed by atoms with van der Waals surface area (Å²) in [6.07, 6.45) is 0.780. The van der Waals surface area contributed by atoms with E-state index in [0.29, 0.717) is 33.7 Å². The van der Waals surface area contributed by atoms with Crippen LogP contribution in [0.2, 0.25) is 10.0 Å². The van der Waals surface area contributed by atoms with Crippen LogP contribution in [0.15, 0.2) is 42.5 Å². The lowest BCUT2D eigenvalue weighted by molar-refractivity contribution is 0.0943. The highest BCUT2D eigenvalue weighted by atomic mass is 35.5. The molecular weight excluding hydrogens is 435 g/mol. The van der Waals surface area contributed by atoms with E-state index in [4.69, 9.17) is 34.8 Å². The maximum Gasteiger partial charge on any atom is 0.290 e. The molecule has 29 heavy (non-hydrogen) atoms. The van der Waals surface area contributed by atoms with Gasteiger partial charge in [0.1, 0.15) is 5.82 Å². The van der Waals surface area contributed by atoms with Gasteiger partial charge in [0, 0.05) is 22.7 Å². The first kappa shape index (κ1) is 21.3. The molecule has 150 valence electrons. The number of ketones is 1. The third-order valence-electron chi connectivity index (χ3n) is 4.08. The van der Waals surface area contributed by atoms with Gasteiger partial charge in [-0.15, -0.1) is 16.7 Å². The van der Waals surface area contributed by atoms with E-state index in [1.165, 1.54) is 10.7 Å². The molecule has 1 amide bonds. The lowest BCUT2D eigenvalue weighted by Gasteiger charge is -2.11. The summed E-state index contributed by atoms with van der Waals surface area (Å²) in [5, 5.41) is 7.68. The average Bonchev–Trinajstić information content (AvgIpc) is 3.16. The smallest absolute Gasteiger partial charge is 0.290 e. The maximum absolute atomic E-state index is 13.2. The summed E-state index contributed by atoms with van der Waals surface area (Å²) >= 11 is 18.4. The Balaban J connectivity index is 2.11. The van der Waals surface area contributed by atoms with Gasteiger partial charge in [-0.3, -0.25) is 9.59 Å². The van der Waals surface area contributed by atoms with Crippen LogP contribution in [-0.4, -0.2) is 33.0 Å². The Morgan fingerprint density at radius 2 is 1.86 bits per heavy atom. The Bertz CT molecular complexity index is 1070. The molecule has 2 aromatic carbocycles. The van der Waals surface area contributed by atoms with Gasteiger partial charge in [-0.05, 0) is 36.8 Å². The first-order chi connectivity index (χ1) is 14.0. The molecule has 1 N–H and O–H groups in total. The number of carbonyl (C=O) groups is 2. The van der Waals surface area contributed by atoms with Gasteiger partial charge in [0.2, 0.25) is 5.82 Å². The summed E-state index contributed by atoms with van der Waals surface area (Å²) < 4.78 is 1.38. The standard InChI is InChI=1S/C20H17Cl3N4O2/c1-2-9-24-20(29)19-25-17(11-21)27(26-19)16-8-7-12(22)10-14(16)18(28)13-5-3-4-6-15(13)23/h3-8,10H,2,9,11H2,1H3,(H,24,29). The Kier molecular flexibility index (Phi) is 6.90. The van der Waals surface area contributed by atoms with Gasteiger partial charge >= 0.3 is 0 Å². The minimum absolute atomic E-state index is 0.00356. The van der Waals surface area contributed by atoms with Crippen LogP contribution in [0.4, 0.5) is 0 Å². The van der Waals surface area contributed by atoms with Gasteiger partial charge in [0.15, 0.2) is 5.78 Å². The predicted molar refractivity (Wildman–Crippen MR) is 113 cm³/mol. The summed E-state index contributed by atoms with van der Waals surface area (Å²) in [6, 6.07) is 11.5. The van der Waals surface area contributed by atoms with E-state index < -0.39 is 5.91 Å². The van der Waals surface area contributed by atoms with Crippen LogP contribution >= 0.6 is 34.8 Å². The highest BCUT2D eigenvalue weighted by Crippen LogP contribution is 2.26. The molecule has 0 aliphatic rings. The SMILES string of the molecule is CCCNC(=O)c1nc(CCl)n(-c2ccc(Cl)cc2C(=O)c2ccccc2Cl)n1. The third kappa shape index (κ3) is 4.61. The second-order valence-electron chi connectivity index (χ2n) is 6.12. The molecule has 0 radical (unpaired) electrons. The normalized spacial score (nSPS) is 10.8. The first-order valence-electron chi connectivity index (χ1n) is 8.85. The van der Waals surface area contributed by atoms with Crippen LogP contribution in [0, 0.1) is 0 Å². The van der Waals surface area contributed by atoms with Crippen molar-refractivity contribution in [1.82, 2.24) is 20.1 Å². The third-order valence-corrected chi connectivity index (χ3v) is 4.89. The molecule has 1 heterocycles. The molecule has 0 aliphatic heterocycles. The molecule has 0 saturated heterocycles. The van der Waals surface area contributed by atoms with Gasteiger partial charge in [0.25, 0.3) is 5.91 Å². The van der Waals surface area contributed by atoms with E-state index in [-0.39, 0.29) is 23.1 Å². The Morgan fingerprint density at radius 3 is 2.55 bits per heavy atom. The zero-order valence-corrected chi connectivity index (χ0v) is 17.7. The number of hydrogen-bond donors (Lipinski definition) is 1. The van der Waals surface area contributed by atoms with E-state index in [1.54, 1.807) is 36.4 Å². The quantitative estimate of drug-likeness (QED) is 0.418. The number of hydrogen-bond acceptors (Lipinski definition) is 4. The van der Waals surface area contributed by atoms with Crippen molar-refractivity contribution < 1.29 is 9.59 Å². The Hall–Kier alpha value is -2.41. The van der Waals surface area contributed by atoms with E-state index >= 15 is 0 Å². The van der Waals surface area contributed by atoms with Crippen LogP contribution in [0.25, 0.3) is 5.69 Å². The summed E-state index contributed by atoms with van der Waals surface area (Å²) in [5.74, 6) is -0.453. The molecule has 9 heteroatoms. The van der Waals surface area contributed by atoms with Crippen LogP contribution in [0.1, 0.15) is 45.7 Å². The highest BCUT2D eigenvalue weighted by Gasteiger charge is 2.22. The number of rotatable bonds is 7. The number of alkyl halides is 1. The van der Waals surface area contributed by atoms with Gasteiger partial charge in [0.05, 0.1) is 16.6 Å². The minimum Gasteiger partial charge on any atom is -0.349 e. The molecule has 1 aromatic heterocycles. The fourth-order valence-electron chi connectivity index (χ4n) is 2.70. The minimum atomic E-state index is -0.412. The molecule has 0 fully saturated rings. The number of benzene rings is 2. The van der Waals surface area contributed by atoms with Gasteiger partial charge in [-0.25, -0.2) is 9.67 Å². The summed E-state index contributed by atoms with van der Waals surface area (Å²) in [6.45, 7) is 2.44. The van der Waals surface area contributed by atoms with Gasteiger partial charge in [-0.1, -0.05) is 42.3 Å². The number of amides is 1. The fourth-order valence-corrected chi connectivity index (χ4v) is 3.27. The largest absolute Gasteiger partial charge is 0.349 e. The number of carbonyl (C=O) groups excluding carboxylic acids is 2. The monoisotopic (exact) mass is 450 g/mol. The average molecular weight is 452 g/mol. The molecule has 0 spiro atoms. The molecule has 0 unspecified atom stereocenters.